The molecule has 1 aromatic carbocycles. The van der Waals surface area contributed by atoms with Gasteiger partial charge in [0, 0.05) is 30.4 Å². The predicted octanol–water partition coefficient (Wildman–Crippen LogP) is 3.65. The van der Waals surface area contributed by atoms with Crippen molar-refractivity contribution < 1.29 is 18.7 Å². The maximum absolute atomic E-state index is 12.4. The molecule has 1 aliphatic heterocycles. The van der Waals surface area contributed by atoms with E-state index in [1.54, 1.807) is 38.7 Å². The summed E-state index contributed by atoms with van der Waals surface area (Å²) in [6, 6.07) is 8.85. The topological polar surface area (TPSA) is 76.0 Å². The van der Waals surface area contributed by atoms with Gasteiger partial charge in [0.25, 0.3) is 0 Å². The third-order valence-electron chi connectivity index (χ3n) is 4.77. The number of urea groups is 1. The Balaban J connectivity index is 1.62. The Kier molecular flexibility index (Phi) is 6.59. The van der Waals surface area contributed by atoms with E-state index >= 15 is 0 Å². The molecule has 0 aliphatic carbocycles. The number of carbonyl (C=O) groups is 1. The van der Waals surface area contributed by atoms with Crippen molar-refractivity contribution in [3.63, 3.8) is 0 Å². The van der Waals surface area contributed by atoms with E-state index < -0.39 is 0 Å². The van der Waals surface area contributed by atoms with Crippen LogP contribution in [0.3, 0.4) is 0 Å². The second-order valence-electron chi connectivity index (χ2n) is 6.56. The first-order valence-electron chi connectivity index (χ1n) is 9.25. The highest BCUT2D eigenvalue weighted by Gasteiger charge is 2.24. The van der Waals surface area contributed by atoms with Crippen molar-refractivity contribution >= 4 is 11.7 Å². The number of amides is 2. The second kappa shape index (κ2) is 9.32. The summed E-state index contributed by atoms with van der Waals surface area (Å²) >= 11 is 0. The van der Waals surface area contributed by atoms with Crippen molar-refractivity contribution in [1.29, 1.82) is 0 Å². The number of nitrogens with one attached hydrogen (secondary N) is 2. The number of anilines is 1. The maximum atomic E-state index is 12.4. The van der Waals surface area contributed by atoms with Crippen molar-refractivity contribution in [1.82, 2.24) is 10.2 Å². The molecule has 2 N–H and O–H groups in total. The zero-order valence-electron chi connectivity index (χ0n) is 15.9. The number of furan rings is 1. The summed E-state index contributed by atoms with van der Waals surface area (Å²) in [5, 5.41) is 5.79. The van der Waals surface area contributed by atoms with Crippen LogP contribution in [0.2, 0.25) is 0 Å². The summed E-state index contributed by atoms with van der Waals surface area (Å²) in [5.74, 6) is 2.11. The quantitative estimate of drug-likeness (QED) is 0.775. The number of ether oxygens (including phenoxy) is 2. The zero-order valence-corrected chi connectivity index (χ0v) is 15.9. The van der Waals surface area contributed by atoms with E-state index in [4.69, 9.17) is 13.9 Å². The molecule has 0 spiro atoms. The van der Waals surface area contributed by atoms with Crippen LogP contribution < -0.4 is 20.1 Å². The average Bonchev–Trinajstić information content (AvgIpc) is 3.23. The number of piperidine rings is 1. The highest BCUT2D eigenvalue weighted by atomic mass is 16.5. The Hall–Kier alpha value is -2.67. The molecule has 0 radical (unpaired) electrons. The summed E-state index contributed by atoms with van der Waals surface area (Å²) < 4.78 is 16.1. The van der Waals surface area contributed by atoms with E-state index in [0.717, 1.165) is 18.8 Å². The molecule has 2 aromatic rings. The fraction of sp³-hybridized carbons (Fsp3) is 0.450. The van der Waals surface area contributed by atoms with Crippen LogP contribution in [0, 0.1) is 0 Å². The first-order valence-corrected chi connectivity index (χ1v) is 9.25. The van der Waals surface area contributed by atoms with Crippen LogP contribution in [0.1, 0.15) is 31.1 Å². The monoisotopic (exact) mass is 373 g/mol. The molecule has 146 valence electrons. The predicted molar refractivity (Wildman–Crippen MR) is 103 cm³/mol. The number of rotatable bonds is 7. The molecular weight excluding hydrogens is 346 g/mol. The third-order valence-corrected chi connectivity index (χ3v) is 4.77. The van der Waals surface area contributed by atoms with E-state index in [2.05, 4.69) is 15.5 Å². The Morgan fingerprint density at radius 2 is 1.85 bits per heavy atom. The molecule has 7 heteroatoms. The molecule has 2 heterocycles. The van der Waals surface area contributed by atoms with Gasteiger partial charge in [-0.1, -0.05) is 6.42 Å². The van der Waals surface area contributed by atoms with Crippen molar-refractivity contribution in [2.45, 2.75) is 25.3 Å². The standard InChI is InChI=1S/C20H27N3O4/c1-25-16-11-15(12-17(13-16)26-2)22-20(24)21-14-18(19-7-6-10-27-19)23-8-4-3-5-9-23/h6-7,10-13,18H,3-5,8-9,14H2,1-2H3,(H2,21,22,24). The summed E-state index contributed by atoms with van der Waals surface area (Å²) in [6.07, 6.45) is 5.28. The largest absolute Gasteiger partial charge is 0.497 e. The highest BCUT2D eigenvalue weighted by Crippen LogP contribution is 2.26. The lowest BCUT2D eigenvalue weighted by atomic mass is 10.1. The smallest absolute Gasteiger partial charge is 0.319 e. The number of benzene rings is 1. The van der Waals surface area contributed by atoms with E-state index in [1.165, 1.54) is 19.3 Å². The highest BCUT2D eigenvalue weighted by molar-refractivity contribution is 5.89. The van der Waals surface area contributed by atoms with Crippen LogP contribution in [-0.4, -0.2) is 44.8 Å². The first kappa shape index (κ1) is 19.1. The number of hydrogen-bond donors (Lipinski definition) is 2. The SMILES string of the molecule is COc1cc(NC(=O)NCC(c2ccco2)N2CCCCC2)cc(OC)c1. The van der Waals surface area contributed by atoms with Gasteiger partial charge < -0.3 is 24.5 Å². The fourth-order valence-electron chi connectivity index (χ4n) is 3.36. The van der Waals surface area contributed by atoms with Crippen LogP contribution in [0.25, 0.3) is 0 Å². The van der Waals surface area contributed by atoms with Crippen molar-refractivity contribution in [3.8, 4) is 11.5 Å². The first-order chi connectivity index (χ1) is 13.2. The number of likely N-dealkylation sites (tertiary alicyclic amines) is 1. The molecule has 0 bridgehead atoms. The summed E-state index contributed by atoms with van der Waals surface area (Å²) in [5.41, 5.74) is 0.608. The molecule has 0 saturated carbocycles. The minimum absolute atomic E-state index is 0.0332. The van der Waals surface area contributed by atoms with Crippen molar-refractivity contribution in [3.05, 3.63) is 42.4 Å². The van der Waals surface area contributed by atoms with Gasteiger partial charge in [-0.2, -0.15) is 0 Å². The van der Waals surface area contributed by atoms with Crippen molar-refractivity contribution in [2.75, 3.05) is 39.2 Å². The van der Waals surface area contributed by atoms with Gasteiger partial charge in [0.15, 0.2) is 0 Å². The Labute approximate surface area is 159 Å². The fourth-order valence-corrected chi connectivity index (χ4v) is 3.36. The third kappa shape index (κ3) is 5.17. The van der Waals surface area contributed by atoms with Crippen LogP contribution in [-0.2, 0) is 0 Å². The van der Waals surface area contributed by atoms with Gasteiger partial charge in [0.05, 0.1) is 26.5 Å². The Morgan fingerprint density at radius 3 is 2.44 bits per heavy atom. The van der Waals surface area contributed by atoms with Crippen LogP contribution in [0.4, 0.5) is 10.5 Å². The van der Waals surface area contributed by atoms with Crippen LogP contribution in [0.5, 0.6) is 11.5 Å². The average molecular weight is 373 g/mol. The van der Waals surface area contributed by atoms with Gasteiger partial charge in [0.2, 0.25) is 0 Å². The van der Waals surface area contributed by atoms with Crippen LogP contribution >= 0.6 is 0 Å². The Bertz CT molecular complexity index is 705. The molecule has 7 nitrogen and oxygen atoms in total. The lowest BCUT2D eigenvalue weighted by molar-refractivity contribution is 0.144. The molecule has 1 unspecified atom stereocenters. The van der Waals surface area contributed by atoms with Gasteiger partial charge in [-0.3, -0.25) is 4.90 Å². The molecule has 1 saturated heterocycles. The minimum Gasteiger partial charge on any atom is -0.497 e. The molecule has 27 heavy (non-hydrogen) atoms. The number of hydrogen-bond acceptors (Lipinski definition) is 5. The molecule has 1 aromatic heterocycles. The van der Waals surface area contributed by atoms with Gasteiger partial charge in [0.1, 0.15) is 17.3 Å². The van der Waals surface area contributed by atoms with Gasteiger partial charge in [-0.25, -0.2) is 4.79 Å². The summed E-state index contributed by atoms with van der Waals surface area (Å²) in [7, 11) is 3.15. The molecule has 1 fully saturated rings. The Morgan fingerprint density at radius 1 is 1.15 bits per heavy atom. The molecule has 1 atom stereocenters. The lowest BCUT2D eigenvalue weighted by Gasteiger charge is -2.33. The second-order valence-corrected chi connectivity index (χ2v) is 6.56. The van der Waals surface area contributed by atoms with Crippen molar-refractivity contribution in [2.24, 2.45) is 0 Å². The summed E-state index contributed by atoms with van der Waals surface area (Å²) in [6.45, 7) is 2.50. The molecule has 3 rings (SSSR count). The zero-order chi connectivity index (χ0) is 19.1. The number of carbonyl (C=O) groups excluding carboxylic acids is 1. The van der Waals surface area contributed by atoms with Crippen LogP contribution in [0.15, 0.2) is 41.0 Å². The molecular formula is C20H27N3O4. The van der Waals surface area contributed by atoms with Gasteiger partial charge in [-0.15, -0.1) is 0 Å². The normalized spacial score (nSPS) is 15.8. The minimum atomic E-state index is -0.279. The molecule has 2 amide bonds. The van der Waals surface area contributed by atoms with E-state index in [1.807, 2.05) is 12.1 Å². The molecule has 1 aliphatic rings. The number of methoxy groups -OCH3 is 2. The van der Waals surface area contributed by atoms with E-state index in [0.29, 0.717) is 23.7 Å². The summed E-state index contributed by atoms with van der Waals surface area (Å²) in [4.78, 5) is 14.8. The van der Waals surface area contributed by atoms with Gasteiger partial charge >= 0.3 is 6.03 Å². The van der Waals surface area contributed by atoms with Gasteiger partial charge in [-0.05, 0) is 38.1 Å². The van der Waals surface area contributed by atoms with E-state index in [9.17, 15) is 4.79 Å². The lowest BCUT2D eigenvalue weighted by Crippen LogP contribution is -2.41. The number of nitrogens with zero attached hydrogens (tertiary/aromatic N) is 1. The van der Waals surface area contributed by atoms with E-state index in [-0.39, 0.29) is 12.1 Å². The maximum Gasteiger partial charge on any atom is 0.319 e.